The molecule has 2 amide bonds. The molecule has 0 aliphatic heterocycles. The smallest absolute Gasteiger partial charge is 0.449 e. The molecule has 0 fully saturated rings. The van der Waals surface area contributed by atoms with E-state index in [2.05, 4.69) is 27.8 Å². The number of amides is 2. The Kier molecular flexibility index (Phi) is 9.14. The van der Waals surface area contributed by atoms with Crippen LogP contribution in [0.1, 0.15) is 17.0 Å². The van der Waals surface area contributed by atoms with Crippen molar-refractivity contribution < 1.29 is 33.2 Å². The Labute approximate surface area is 184 Å². The van der Waals surface area contributed by atoms with Gasteiger partial charge in [0.1, 0.15) is 12.6 Å². The van der Waals surface area contributed by atoms with Crippen molar-refractivity contribution in [2.24, 2.45) is 0 Å². The van der Waals surface area contributed by atoms with Crippen LogP contribution in [-0.2, 0) is 18.6 Å². The number of thiol groups is 1. The number of carbonyl (C=O) groups excluding carboxylic acids is 2. The molecule has 0 aromatic heterocycles. The number of hydrogen-bond acceptors (Lipinski definition) is 6. The van der Waals surface area contributed by atoms with Crippen LogP contribution in [0.25, 0.3) is 11.1 Å². The van der Waals surface area contributed by atoms with Gasteiger partial charge in [0.2, 0.25) is 5.91 Å². The van der Waals surface area contributed by atoms with Gasteiger partial charge >= 0.3 is 13.9 Å². The number of phosphoric acid groups is 1. The van der Waals surface area contributed by atoms with Gasteiger partial charge in [0.15, 0.2) is 0 Å². The van der Waals surface area contributed by atoms with Crippen molar-refractivity contribution in [3.05, 3.63) is 59.7 Å². The van der Waals surface area contributed by atoms with Gasteiger partial charge in [-0.05, 0) is 22.3 Å². The number of carbonyl (C=O) groups is 2. The van der Waals surface area contributed by atoms with Gasteiger partial charge in [0.25, 0.3) is 0 Å². The molecule has 0 heterocycles. The van der Waals surface area contributed by atoms with Gasteiger partial charge < -0.3 is 25.2 Å². The average molecular weight is 980 g/mol. The van der Waals surface area contributed by atoms with E-state index in [9.17, 15) is 14.2 Å². The molecular weight excluding hydrogens is 957 g/mol. The molecule has 4 N–H and O–H groups in total. The van der Waals surface area contributed by atoms with Gasteiger partial charge in [-0.2, -0.15) is 12.6 Å². The van der Waals surface area contributed by atoms with E-state index < -0.39 is 25.9 Å². The van der Waals surface area contributed by atoms with Crippen molar-refractivity contribution in [2.75, 3.05) is 25.5 Å². The fourth-order valence-corrected chi connectivity index (χ4v) is 4.02. The summed E-state index contributed by atoms with van der Waals surface area (Å²) < 4.78 is 20.3. The van der Waals surface area contributed by atoms with Crippen LogP contribution in [0.2, 0.25) is 0 Å². The molecule has 3 rings (SSSR count). The summed E-state index contributed by atoms with van der Waals surface area (Å²) >= 11 is 4.06. The third-order valence-electron chi connectivity index (χ3n) is 4.80. The van der Waals surface area contributed by atoms with E-state index in [4.69, 9.17) is 14.5 Å². The number of hydrogen-bond donors (Lipinski definition) is 5. The molecule has 0 bridgehead atoms. The number of fused-ring (bicyclic) bond motifs is 3. The predicted octanol–water partition coefficient (Wildman–Crippen LogP) is 2.05. The van der Waals surface area contributed by atoms with Crippen LogP contribution in [0, 0.1) is 0 Å². The summed E-state index contributed by atoms with van der Waals surface area (Å²) in [6.07, 6.45) is -0.762. The Morgan fingerprint density at radius 1 is 1.03 bits per heavy atom. The summed E-state index contributed by atoms with van der Waals surface area (Å²) in [4.78, 5) is 41.7. The summed E-state index contributed by atoms with van der Waals surface area (Å²) in [6, 6.07) is 14.9. The van der Waals surface area contributed by atoms with Crippen LogP contribution in [0.15, 0.2) is 48.5 Å². The average Bonchev–Trinajstić information content (AvgIpc) is 3.06. The Morgan fingerprint density at radius 2 is 1.58 bits per heavy atom. The van der Waals surface area contributed by atoms with E-state index in [1.54, 1.807) is 0 Å². The van der Waals surface area contributed by atoms with E-state index in [-0.39, 0.29) is 31.4 Å². The third-order valence-corrected chi connectivity index (χ3v) is 5.68. The number of ether oxygens (including phenoxy) is 1. The van der Waals surface area contributed by atoms with E-state index in [0.29, 0.717) is 0 Å². The Morgan fingerprint density at radius 3 is 2.09 bits per heavy atom. The van der Waals surface area contributed by atoms with Crippen LogP contribution in [0.3, 0.4) is 0 Å². The van der Waals surface area contributed by atoms with Crippen molar-refractivity contribution in [3.63, 3.8) is 0 Å². The predicted molar refractivity (Wildman–Crippen MR) is 117 cm³/mol. The largest absolute Gasteiger partial charge is 0.469 e. The fourth-order valence-electron chi connectivity index (χ4n) is 3.44. The molecule has 9 nitrogen and oxygen atoms in total. The van der Waals surface area contributed by atoms with Crippen LogP contribution in [0.4, 0.5) is 4.79 Å². The maximum Gasteiger partial charge on any atom is 0.469 e. The second kappa shape index (κ2) is 11.3. The minimum Gasteiger partial charge on any atom is -0.449 e. The third kappa shape index (κ3) is 6.56. The summed E-state index contributed by atoms with van der Waals surface area (Å²) in [6.45, 7) is -0.405. The van der Waals surface area contributed by atoms with E-state index in [1.165, 1.54) is 0 Å². The normalized spacial score (nSPS) is 12.9. The second-order valence-corrected chi connectivity index (χ2v) is 8.42. The maximum absolute atomic E-state index is 12.3. The molecule has 13 heteroatoms. The van der Waals surface area contributed by atoms with Gasteiger partial charge in [-0.3, -0.25) is 9.32 Å². The number of alkyl carbamates (subject to hydrolysis) is 1. The van der Waals surface area contributed by atoms with Crippen molar-refractivity contribution in [3.8, 4) is 11.1 Å². The number of nitrogens with one attached hydrogen (secondary N) is 2. The molecule has 1 aliphatic rings. The summed E-state index contributed by atoms with van der Waals surface area (Å²) in [5.74, 6) is -0.668. The first-order valence-electron chi connectivity index (χ1n) is 9.50. The molecule has 0 saturated carbocycles. The zero-order valence-corrected chi connectivity index (χ0v) is 23.6. The fraction of sp³-hybridized carbons (Fsp3) is 0.300. The zero-order chi connectivity index (χ0) is 22.4. The minimum absolute atomic E-state index is 0. The van der Waals surface area contributed by atoms with Crippen LogP contribution in [-0.4, -0.2) is 53.3 Å². The first-order chi connectivity index (χ1) is 14.8. The summed E-state index contributed by atoms with van der Waals surface area (Å²) in [7, 11) is -4.60. The van der Waals surface area contributed by atoms with Crippen LogP contribution >= 0.6 is 20.5 Å². The number of phosphoric ester groups is 1. The SMILES string of the molecule is O=C(NC(CS)C(=O)NCCOP(=O)(O)O)OCC1c2ccccc2-c2ccccc21.[Fm].[Fm]. The molecule has 0 spiro atoms. The molecule has 1 unspecified atom stereocenters. The number of benzene rings is 2. The Hall–Kier alpha value is -4.36. The van der Waals surface area contributed by atoms with Crippen LogP contribution in [0.5, 0.6) is 0 Å². The van der Waals surface area contributed by atoms with E-state index in [0.717, 1.165) is 22.3 Å². The second-order valence-electron chi connectivity index (χ2n) is 6.82. The van der Waals surface area contributed by atoms with Crippen LogP contribution < -0.4 is 10.6 Å². The van der Waals surface area contributed by atoms with Gasteiger partial charge in [-0.15, -0.1) is 0 Å². The van der Waals surface area contributed by atoms with E-state index in [1.807, 2.05) is 48.5 Å². The molecule has 2 aromatic carbocycles. The molecule has 0 radical (unpaired) electrons. The molecule has 33 heavy (non-hydrogen) atoms. The van der Waals surface area contributed by atoms with Gasteiger partial charge in [0, 0.05) is 18.2 Å². The standard InChI is InChI=1S/C20H23N2O7PS.2Fm/c23-19(21-9-10-29-30(25,26)27)18(12-31)22-20(24)28-11-17-15-7-3-1-5-13(15)14-6-2-4-8-16(14)17;;/h1-8,17-18,31H,9-12H2,(H,21,23)(H,22,24)(H2,25,26,27);;. The van der Waals surface area contributed by atoms with E-state index >= 15 is 0 Å². The topological polar surface area (TPSA) is 134 Å². The Bertz CT molecular complexity index is 962. The van der Waals surface area contributed by atoms with Crippen molar-refractivity contribution in [2.45, 2.75) is 12.0 Å². The zero-order valence-electron chi connectivity index (χ0n) is 17.0. The quantitative estimate of drug-likeness (QED) is 0.148. The van der Waals surface area contributed by atoms with Crippen molar-refractivity contribution >= 4 is 32.5 Å². The van der Waals surface area contributed by atoms with Crippen molar-refractivity contribution in [1.82, 2.24) is 10.6 Å². The summed E-state index contributed by atoms with van der Waals surface area (Å²) in [5.41, 5.74) is 4.37. The minimum atomic E-state index is -4.60. The van der Waals surface area contributed by atoms with Gasteiger partial charge in [-0.1, -0.05) is 48.5 Å². The first-order valence-corrected chi connectivity index (χ1v) is 11.7. The monoisotopic (exact) mass is 980 g/mol. The molecule has 2 aromatic rings. The van der Waals surface area contributed by atoms with Gasteiger partial charge in [0.05, 0.1) is 6.61 Å². The molecule has 0 saturated heterocycles. The molecule has 190 valence electrons. The van der Waals surface area contributed by atoms with Gasteiger partial charge in [-0.25, -0.2) is 9.36 Å². The summed E-state index contributed by atoms with van der Waals surface area (Å²) in [5, 5.41) is 4.86. The Balaban J connectivity index is 0.00000272. The first kappa shape index (κ1) is 26.7. The maximum atomic E-state index is 12.3. The number of rotatable bonds is 9. The molecule has 1 aliphatic carbocycles. The molecular formula is C20H23Fm2N2O7PS. The molecule has 1 atom stereocenters. The van der Waals surface area contributed by atoms with Crippen molar-refractivity contribution in [1.29, 1.82) is 0 Å².